The Morgan fingerprint density at radius 1 is 1.61 bits per heavy atom. The lowest BCUT2D eigenvalue weighted by Gasteiger charge is -2.02. The van der Waals surface area contributed by atoms with Gasteiger partial charge in [0.05, 0.1) is 17.1 Å². The Bertz CT molecular complexity index is 639. The van der Waals surface area contributed by atoms with E-state index in [-0.39, 0.29) is 18.9 Å². The monoisotopic (exact) mass is 244 g/mol. The van der Waals surface area contributed by atoms with Crippen molar-refractivity contribution in [3.05, 3.63) is 24.0 Å². The number of carbonyl (C=O) groups excluding carboxylic acids is 1. The zero-order chi connectivity index (χ0) is 13.1. The number of aliphatic hydroxyl groups excluding tert-OH is 1. The van der Waals surface area contributed by atoms with E-state index in [1.165, 1.54) is 0 Å². The third-order valence-corrected chi connectivity index (χ3v) is 2.64. The van der Waals surface area contributed by atoms with Crippen LogP contribution in [0.2, 0.25) is 0 Å². The molecule has 2 N–H and O–H groups in total. The molecule has 6 heteroatoms. The lowest BCUT2D eigenvalue weighted by Crippen LogP contribution is -2.09. The summed E-state index contributed by atoms with van der Waals surface area (Å²) in [6, 6.07) is 7.04. The summed E-state index contributed by atoms with van der Waals surface area (Å²) in [5, 5.41) is 20.1. The van der Waals surface area contributed by atoms with Crippen molar-refractivity contribution in [2.45, 2.75) is 13.0 Å². The van der Waals surface area contributed by atoms with Gasteiger partial charge in [-0.3, -0.25) is 4.79 Å². The Labute approximate surface area is 103 Å². The molecule has 0 fully saturated rings. The third-order valence-electron chi connectivity index (χ3n) is 2.64. The van der Waals surface area contributed by atoms with Crippen molar-refractivity contribution in [3.63, 3.8) is 0 Å². The number of nitrogens with one attached hydrogen (secondary N) is 1. The van der Waals surface area contributed by atoms with E-state index in [9.17, 15) is 4.79 Å². The Morgan fingerprint density at radius 2 is 2.39 bits per heavy atom. The molecule has 0 aliphatic heterocycles. The van der Waals surface area contributed by atoms with Crippen molar-refractivity contribution in [1.29, 1.82) is 5.26 Å². The molecule has 2 rings (SSSR count). The summed E-state index contributed by atoms with van der Waals surface area (Å²) in [5.74, 6) is 0.209. The summed E-state index contributed by atoms with van der Waals surface area (Å²) in [6.45, 7) is -0.138. The van der Waals surface area contributed by atoms with Gasteiger partial charge in [-0.15, -0.1) is 0 Å². The van der Waals surface area contributed by atoms with Gasteiger partial charge >= 0.3 is 0 Å². The summed E-state index contributed by atoms with van der Waals surface area (Å²) in [7, 11) is 1.81. The maximum Gasteiger partial charge on any atom is 0.238 e. The smallest absolute Gasteiger partial charge is 0.238 e. The van der Waals surface area contributed by atoms with Crippen molar-refractivity contribution < 1.29 is 9.90 Å². The summed E-state index contributed by atoms with van der Waals surface area (Å²) >= 11 is 0. The van der Waals surface area contributed by atoms with Gasteiger partial charge in [0.2, 0.25) is 5.91 Å². The van der Waals surface area contributed by atoms with Crippen LogP contribution in [-0.2, 0) is 18.4 Å². The molecule has 1 aromatic heterocycles. The molecule has 1 heterocycles. The lowest BCUT2D eigenvalue weighted by molar-refractivity contribution is -0.115. The maximum absolute atomic E-state index is 11.3. The number of fused-ring (bicyclic) bond motifs is 1. The molecule has 6 nitrogen and oxygen atoms in total. The third kappa shape index (κ3) is 2.17. The highest BCUT2D eigenvalue weighted by Gasteiger charge is 2.08. The second-order valence-electron chi connectivity index (χ2n) is 3.83. The van der Waals surface area contributed by atoms with E-state index in [1.54, 1.807) is 22.8 Å². The van der Waals surface area contributed by atoms with Crippen molar-refractivity contribution in [2.75, 3.05) is 5.32 Å². The molecular weight excluding hydrogens is 232 g/mol. The first-order valence-electron chi connectivity index (χ1n) is 5.38. The molecule has 0 aliphatic rings. The Morgan fingerprint density at radius 3 is 3.06 bits per heavy atom. The van der Waals surface area contributed by atoms with Crippen molar-refractivity contribution >= 4 is 22.6 Å². The van der Waals surface area contributed by atoms with Crippen LogP contribution in [0.4, 0.5) is 5.69 Å². The fraction of sp³-hybridized carbons (Fsp3) is 0.250. The summed E-state index contributed by atoms with van der Waals surface area (Å²) in [6.07, 6.45) is -0.178. The average Bonchev–Trinajstić information content (AvgIpc) is 2.66. The highest BCUT2D eigenvalue weighted by Crippen LogP contribution is 2.19. The number of benzene rings is 1. The van der Waals surface area contributed by atoms with Crippen molar-refractivity contribution in [3.8, 4) is 6.07 Å². The first kappa shape index (κ1) is 12.1. The predicted octanol–water partition coefficient (Wildman–Crippen LogP) is 0.918. The summed E-state index contributed by atoms with van der Waals surface area (Å²) < 4.78 is 1.79. The molecule has 0 aliphatic carbocycles. The molecule has 1 aromatic carbocycles. The second kappa shape index (κ2) is 4.85. The van der Waals surface area contributed by atoms with Gasteiger partial charge in [-0.1, -0.05) is 0 Å². The average molecular weight is 244 g/mol. The number of aliphatic hydroxyl groups is 1. The standard InChI is InChI=1S/C12H12N4O2/c1-16-10-3-2-8(14-12(18)4-5-13)6-9(10)15-11(16)7-17/h2-3,6,17H,4,7H2,1H3,(H,14,18). The molecule has 92 valence electrons. The Kier molecular flexibility index (Phi) is 3.26. The number of nitrogens with zero attached hydrogens (tertiary/aromatic N) is 3. The minimum atomic E-state index is -0.352. The molecular formula is C12H12N4O2. The van der Waals surface area contributed by atoms with E-state index in [4.69, 9.17) is 10.4 Å². The van der Waals surface area contributed by atoms with Crippen molar-refractivity contribution in [2.24, 2.45) is 7.05 Å². The van der Waals surface area contributed by atoms with Crippen LogP contribution >= 0.6 is 0 Å². The van der Waals surface area contributed by atoms with Crippen molar-refractivity contribution in [1.82, 2.24) is 9.55 Å². The first-order chi connectivity index (χ1) is 8.65. The van der Waals surface area contributed by atoms with E-state index in [1.807, 2.05) is 13.1 Å². The minimum Gasteiger partial charge on any atom is -0.388 e. The van der Waals surface area contributed by atoms with Gasteiger partial charge in [-0.05, 0) is 18.2 Å². The maximum atomic E-state index is 11.3. The van der Waals surface area contributed by atoms with Crippen LogP contribution in [0, 0.1) is 11.3 Å². The molecule has 0 radical (unpaired) electrons. The molecule has 0 saturated heterocycles. The number of rotatable bonds is 3. The zero-order valence-electron chi connectivity index (χ0n) is 9.84. The fourth-order valence-electron chi connectivity index (χ4n) is 1.75. The highest BCUT2D eigenvalue weighted by molar-refractivity contribution is 5.94. The molecule has 0 spiro atoms. The molecule has 0 bridgehead atoms. The zero-order valence-corrected chi connectivity index (χ0v) is 9.84. The van der Waals surface area contributed by atoms with E-state index >= 15 is 0 Å². The van der Waals surface area contributed by atoms with Gasteiger partial charge in [0.25, 0.3) is 0 Å². The van der Waals surface area contributed by atoms with Gasteiger partial charge < -0.3 is 15.0 Å². The van der Waals surface area contributed by atoms with Crippen LogP contribution in [0.5, 0.6) is 0 Å². The van der Waals surface area contributed by atoms with E-state index in [0.29, 0.717) is 17.0 Å². The van der Waals surface area contributed by atoms with Gasteiger partial charge in [0.15, 0.2) is 0 Å². The van der Waals surface area contributed by atoms with Crippen LogP contribution in [0.15, 0.2) is 18.2 Å². The Hall–Kier alpha value is -2.39. The van der Waals surface area contributed by atoms with Gasteiger partial charge in [0, 0.05) is 12.7 Å². The minimum absolute atomic E-state index is 0.138. The molecule has 0 atom stereocenters. The summed E-state index contributed by atoms with van der Waals surface area (Å²) in [5.41, 5.74) is 2.15. The van der Waals surface area contributed by atoms with E-state index < -0.39 is 0 Å². The topological polar surface area (TPSA) is 90.9 Å². The normalized spacial score (nSPS) is 10.3. The Balaban J connectivity index is 2.33. The van der Waals surface area contributed by atoms with Crippen LogP contribution < -0.4 is 5.32 Å². The second-order valence-corrected chi connectivity index (χ2v) is 3.83. The number of aryl methyl sites for hydroxylation is 1. The lowest BCUT2D eigenvalue weighted by atomic mass is 10.2. The van der Waals surface area contributed by atoms with Crippen LogP contribution in [0.3, 0.4) is 0 Å². The van der Waals surface area contributed by atoms with Gasteiger partial charge in [-0.2, -0.15) is 5.26 Å². The predicted molar refractivity (Wildman–Crippen MR) is 65.5 cm³/mol. The molecule has 0 unspecified atom stereocenters. The number of carbonyl (C=O) groups is 1. The molecule has 0 saturated carbocycles. The molecule has 18 heavy (non-hydrogen) atoms. The van der Waals surface area contributed by atoms with E-state index in [2.05, 4.69) is 10.3 Å². The number of amides is 1. The van der Waals surface area contributed by atoms with Crippen LogP contribution in [0.1, 0.15) is 12.2 Å². The number of anilines is 1. The first-order valence-corrected chi connectivity index (χ1v) is 5.38. The largest absolute Gasteiger partial charge is 0.388 e. The van der Waals surface area contributed by atoms with Crippen LogP contribution in [-0.4, -0.2) is 20.6 Å². The quantitative estimate of drug-likeness (QED) is 0.839. The van der Waals surface area contributed by atoms with E-state index in [0.717, 1.165) is 5.52 Å². The summed E-state index contributed by atoms with van der Waals surface area (Å²) in [4.78, 5) is 15.5. The van der Waals surface area contributed by atoms with Crippen LogP contribution in [0.25, 0.3) is 11.0 Å². The number of imidazole rings is 1. The number of aromatic nitrogens is 2. The number of hydrogen-bond donors (Lipinski definition) is 2. The number of nitriles is 1. The number of hydrogen-bond acceptors (Lipinski definition) is 4. The SMILES string of the molecule is Cn1c(CO)nc2cc(NC(=O)CC#N)ccc21. The fourth-order valence-corrected chi connectivity index (χ4v) is 1.75. The molecule has 2 aromatic rings. The highest BCUT2D eigenvalue weighted by atomic mass is 16.3. The van der Waals surface area contributed by atoms with Gasteiger partial charge in [-0.25, -0.2) is 4.98 Å². The molecule has 1 amide bonds. The van der Waals surface area contributed by atoms with Gasteiger partial charge in [0.1, 0.15) is 18.9 Å².